The molecule has 156 valence electrons. The van der Waals surface area contributed by atoms with E-state index in [-0.39, 0.29) is 0 Å². The number of ether oxygens (including phenoxy) is 1. The molecule has 0 bridgehead atoms. The van der Waals surface area contributed by atoms with E-state index in [4.69, 9.17) is 4.74 Å². The van der Waals surface area contributed by atoms with Crippen molar-refractivity contribution in [3.05, 3.63) is 114 Å². The second kappa shape index (κ2) is 8.39. The lowest BCUT2D eigenvalue weighted by atomic mass is 10.1. The zero-order valence-corrected chi connectivity index (χ0v) is 17.3. The molecule has 1 unspecified atom stereocenters. The van der Waals surface area contributed by atoms with Crippen molar-refractivity contribution in [2.75, 3.05) is 0 Å². The van der Waals surface area contributed by atoms with Gasteiger partial charge in [0.05, 0.1) is 11.3 Å². The summed E-state index contributed by atoms with van der Waals surface area (Å²) in [4.78, 5) is 22.1. The number of aromatic nitrogens is 5. The van der Waals surface area contributed by atoms with E-state index in [1.165, 1.54) is 0 Å². The Kier molecular flexibility index (Phi) is 5.13. The van der Waals surface area contributed by atoms with Crippen LogP contribution in [0.2, 0.25) is 0 Å². The van der Waals surface area contributed by atoms with Gasteiger partial charge in [0, 0.05) is 0 Å². The minimum atomic E-state index is -0.769. The number of nitrogens with zero attached hydrogens (tertiary/aromatic N) is 5. The molecule has 7 nitrogen and oxygen atoms in total. The van der Waals surface area contributed by atoms with Crippen LogP contribution in [-0.4, -0.2) is 30.9 Å². The fourth-order valence-corrected chi connectivity index (χ4v) is 3.53. The van der Waals surface area contributed by atoms with Crippen molar-refractivity contribution in [2.24, 2.45) is 0 Å². The monoisotopic (exact) mass is 421 g/mol. The van der Waals surface area contributed by atoms with Crippen LogP contribution >= 0.6 is 0 Å². The van der Waals surface area contributed by atoms with Gasteiger partial charge >= 0.3 is 5.97 Å². The average molecular weight is 421 g/mol. The zero-order valence-electron chi connectivity index (χ0n) is 17.3. The summed E-state index contributed by atoms with van der Waals surface area (Å²) >= 11 is 0. The number of rotatable bonds is 5. The number of hydrogen-bond acceptors (Lipinski definition) is 6. The van der Waals surface area contributed by atoms with Crippen LogP contribution in [0.4, 0.5) is 0 Å². The van der Waals surface area contributed by atoms with Crippen LogP contribution in [0, 0.1) is 6.92 Å². The van der Waals surface area contributed by atoms with E-state index in [0.717, 1.165) is 11.3 Å². The molecule has 0 saturated carbocycles. The Hall–Kier alpha value is -4.39. The molecular formula is C25H19N5O2. The summed E-state index contributed by atoms with van der Waals surface area (Å²) in [5.41, 5.74) is 3.60. The van der Waals surface area contributed by atoms with Gasteiger partial charge in [-0.05, 0) is 36.8 Å². The van der Waals surface area contributed by atoms with Gasteiger partial charge in [-0.3, -0.25) is 0 Å². The van der Waals surface area contributed by atoms with Gasteiger partial charge in [-0.2, -0.15) is 4.68 Å². The average Bonchev–Trinajstić information content (AvgIpc) is 3.27. The van der Waals surface area contributed by atoms with E-state index < -0.39 is 12.1 Å². The summed E-state index contributed by atoms with van der Waals surface area (Å²) in [5, 5.41) is 8.66. The van der Waals surface area contributed by atoms with E-state index in [1.807, 2.05) is 66.7 Å². The Morgan fingerprint density at radius 1 is 0.844 bits per heavy atom. The van der Waals surface area contributed by atoms with Gasteiger partial charge in [0.2, 0.25) is 0 Å². The Labute approximate surface area is 184 Å². The highest BCUT2D eigenvalue weighted by molar-refractivity contribution is 5.90. The minimum absolute atomic E-state index is 0.445. The molecule has 3 aromatic carbocycles. The Balaban J connectivity index is 1.65. The predicted molar refractivity (Wildman–Crippen MR) is 119 cm³/mol. The SMILES string of the molecule is Cc1nc(C(OC(=O)c2ccccc2)c2ccccc2)c2nnn(-c3ccccc3)c2n1. The lowest BCUT2D eigenvalue weighted by Gasteiger charge is -2.18. The first kappa shape index (κ1) is 19.6. The molecule has 2 aromatic heterocycles. The van der Waals surface area contributed by atoms with Crippen LogP contribution < -0.4 is 0 Å². The van der Waals surface area contributed by atoms with Gasteiger partial charge in [0.1, 0.15) is 11.5 Å². The van der Waals surface area contributed by atoms with Crippen molar-refractivity contribution in [3.63, 3.8) is 0 Å². The van der Waals surface area contributed by atoms with Crippen LogP contribution in [0.1, 0.15) is 33.5 Å². The maximum atomic E-state index is 12.9. The molecule has 0 aliphatic heterocycles. The van der Waals surface area contributed by atoms with Crippen molar-refractivity contribution in [3.8, 4) is 5.69 Å². The first-order valence-corrected chi connectivity index (χ1v) is 10.2. The summed E-state index contributed by atoms with van der Waals surface area (Å²) in [7, 11) is 0. The van der Waals surface area contributed by atoms with Crippen molar-refractivity contribution in [2.45, 2.75) is 13.0 Å². The third-order valence-electron chi connectivity index (χ3n) is 5.02. The fraction of sp³-hybridized carbons (Fsp3) is 0.0800. The molecule has 0 N–H and O–H groups in total. The van der Waals surface area contributed by atoms with E-state index in [2.05, 4.69) is 20.3 Å². The van der Waals surface area contributed by atoms with E-state index in [0.29, 0.717) is 28.2 Å². The van der Waals surface area contributed by atoms with Crippen LogP contribution in [0.5, 0.6) is 0 Å². The third-order valence-corrected chi connectivity index (χ3v) is 5.02. The fourth-order valence-electron chi connectivity index (χ4n) is 3.53. The van der Waals surface area contributed by atoms with Crippen molar-refractivity contribution >= 4 is 17.1 Å². The number of esters is 1. The minimum Gasteiger partial charge on any atom is -0.447 e. The Morgan fingerprint density at radius 3 is 2.16 bits per heavy atom. The van der Waals surface area contributed by atoms with E-state index >= 15 is 0 Å². The standard InChI is InChI=1S/C25H19N5O2/c1-17-26-21(22-24(27-17)30(29-28-22)20-15-9-4-10-16-20)23(18-11-5-2-6-12-18)32-25(31)19-13-7-3-8-14-19/h2-16,23H,1H3. The maximum absolute atomic E-state index is 12.9. The van der Waals surface area contributed by atoms with Gasteiger partial charge in [-0.15, -0.1) is 5.10 Å². The van der Waals surface area contributed by atoms with Gasteiger partial charge < -0.3 is 4.74 Å². The number of aryl methyl sites for hydroxylation is 1. The molecule has 5 aromatic rings. The number of benzene rings is 3. The molecule has 32 heavy (non-hydrogen) atoms. The van der Waals surface area contributed by atoms with Gasteiger partial charge in [0.25, 0.3) is 0 Å². The summed E-state index contributed by atoms with van der Waals surface area (Å²) in [6, 6.07) is 28.0. The highest BCUT2D eigenvalue weighted by Crippen LogP contribution is 2.30. The number of carbonyl (C=O) groups excluding carboxylic acids is 1. The normalized spacial score (nSPS) is 11.9. The lowest BCUT2D eigenvalue weighted by Crippen LogP contribution is -2.15. The van der Waals surface area contributed by atoms with Crippen molar-refractivity contribution in [1.82, 2.24) is 25.0 Å². The number of carbonyl (C=O) groups is 1. The molecule has 0 saturated heterocycles. The van der Waals surface area contributed by atoms with E-state index in [1.54, 1.807) is 35.9 Å². The molecule has 0 aliphatic carbocycles. The maximum Gasteiger partial charge on any atom is 0.339 e. The summed E-state index contributed by atoms with van der Waals surface area (Å²) in [5.74, 6) is 0.0861. The molecule has 7 heteroatoms. The quantitative estimate of drug-likeness (QED) is 0.390. The highest BCUT2D eigenvalue weighted by atomic mass is 16.5. The first-order chi connectivity index (χ1) is 15.7. The number of para-hydroxylation sites is 1. The van der Waals surface area contributed by atoms with E-state index in [9.17, 15) is 4.79 Å². The van der Waals surface area contributed by atoms with Crippen LogP contribution in [0.15, 0.2) is 91.0 Å². The third kappa shape index (κ3) is 3.72. The van der Waals surface area contributed by atoms with Crippen molar-refractivity contribution < 1.29 is 9.53 Å². The molecule has 0 aliphatic rings. The topological polar surface area (TPSA) is 82.8 Å². The second-order valence-electron chi connectivity index (χ2n) is 7.23. The van der Waals surface area contributed by atoms with Gasteiger partial charge in [-0.1, -0.05) is 71.9 Å². The number of hydrogen-bond donors (Lipinski definition) is 0. The first-order valence-electron chi connectivity index (χ1n) is 10.2. The largest absolute Gasteiger partial charge is 0.447 e. The number of fused-ring (bicyclic) bond motifs is 1. The summed E-state index contributed by atoms with van der Waals surface area (Å²) in [6.07, 6.45) is -0.769. The molecule has 1 atom stereocenters. The van der Waals surface area contributed by atoms with Gasteiger partial charge in [-0.25, -0.2) is 14.8 Å². The zero-order chi connectivity index (χ0) is 21.9. The molecule has 0 spiro atoms. The van der Waals surface area contributed by atoms with Crippen LogP contribution in [0.25, 0.3) is 16.9 Å². The Bertz CT molecular complexity index is 1370. The smallest absolute Gasteiger partial charge is 0.339 e. The Morgan fingerprint density at radius 2 is 1.47 bits per heavy atom. The van der Waals surface area contributed by atoms with Crippen LogP contribution in [-0.2, 0) is 4.74 Å². The molecular weight excluding hydrogens is 402 g/mol. The summed E-state index contributed by atoms with van der Waals surface area (Å²) < 4.78 is 7.64. The lowest BCUT2D eigenvalue weighted by molar-refractivity contribution is 0.0372. The molecule has 0 amide bonds. The molecule has 0 radical (unpaired) electrons. The van der Waals surface area contributed by atoms with Gasteiger partial charge in [0.15, 0.2) is 17.3 Å². The molecule has 2 heterocycles. The predicted octanol–water partition coefficient (Wildman–Crippen LogP) is 4.47. The summed E-state index contributed by atoms with van der Waals surface area (Å²) in [6.45, 7) is 1.80. The second-order valence-corrected chi connectivity index (χ2v) is 7.23. The highest BCUT2D eigenvalue weighted by Gasteiger charge is 2.27. The van der Waals surface area contributed by atoms with Crippen LogP contribution in [0.3, 0.4) is 0 Å². The molecule has 0 fully saturated rings. The molecule has 5 rings (SSSR count). The van der Waals surface area contributed by atoms with Crippen molar-refractivity contribution in [1.29, 1.82) is 0 Å².